The zero-order chi connectivity index (χ0) is 18.4. The van der Waals surface area contributed by atoms with E-state index in [-0.39, 0.29) is 5.69 Å². The Labute approximate surface area is 149 Å². The maximum atomic E-state index is 11.8. The van der Waals surface area contributed by atoms with Gasteiger partial charge in [0.15, 0.2) is 0 Å². The van der Waals surface area contributed by atoms with Crippen LogP contribution in [0.15, 0.2) is 67.1 Å². The fraction of sp³-hybridized carbons (Fsp3) is 0.0526. The van der Waals surface area contributed by atoms with Gasteiger partial charge in [0.05, 0.1) is 6.20 Å². The molecule has 0 atom stereocenters. The minimum absolute atomic E-state index is 0.139. The van der Waals surface area contributed by atoms with Crippen molar-refractivity contribution in [2.45, 2.75) is 0 Å². The van der Waals surface area contributed by atoms with E-state index >= 15 is 0 Å². The Morgan fingerprint density at radius 2 is 1.77 bits per heavy atom. The number of rotatable bonds is 6. The normalized spacial score (nSPS) is 10.2. The van der Waals surface area contributed by atoms with Crippen molar-refractivity contribution < 1.29 is 19.4 Å². The summed E-state index contributed by atoms with van der Waals surface area (Å²) in [4.78, 5) is 30.5. The second-order valence-electron chi connectivity index (χ2n) is 5.33. The molecule has 0 aliphatic heterocycles. The van der Waals surface area contributed by atoms with Gasteiger partial charge in [0.1, 0.15) is 23.7 Å². The molecule has 0 fully saturated rings. The van der Waals surface area contributed by atoms with E-state index in [0.717, 1.165) is 11.1 Å². The number of para-hydroxylation sites is 1. The summed E-state index contributed by atoms with van der Waals surface area (Å²) in [5.74, 6) is -0.374. The highest BCUT2D eigenvalue weighted by Gasteiger charge is 2.09. The van der Waals surface area contributed by atoms with Gasteiger partial charge in [-0.25, -0.2) is 0 Å². The van der Waals surface area contributed by atoms with Crippen molar-refractivity contribution in [3.05, 3.63) is 72.8 Å². The van der Waals surface area contributed by atoms with Crippen molar-refractivity contribution in [1.82, 2.24) is 15.3 Å². The van der Waals surface area contributed by atoms with Crippen LogP contribution < -0.4 is 10.1 Å². The zero-order valence-corrected chi connectivity index (χ0v) is 13.6. The van der Waals surface area contributed by atoms with E-state index in [1.165, 1.54) is 12.3 Å². The molecule has 0 bridgehead atoms. The highest BCUT2D eigenvalue weighted by atomic mass is 16.5. The molecule has 3 aromatic rings. The lowest BCUT2D eigenvalue weighted by atomic mass is 10.1. The maximum Gasteiger partial charge on any atom is 0.322 e. The molecular formula is C19H15N3O4. The number of amides is 1. The van der Waals surface area contributed by atoms with Crippen molar-refractivity contribution in [3.63, 3.8) is 0 Å². The standard InChI is InChI=1S/C19H15N3O4/c23-18(24)12-22-19(25)17-7-6-13(10-21-17)14-8-16(11-20-9-14)26-15-4-2-1-3-5-15/h1-11H,12H2,(H,22,25)(H,23,24). The Kier molecular flexibility index (Phi) is 5.19. The lowest BCUT2D eigenvalue weighted by molar-refractivity contribution is -0.135. The van der Waals surface area contributed by atoms with E-state index in [9.17, 15) is 9.59 Å². The first-order chi connectivity index (χ1) is 12.6. The quantitative estimate of drug-likeness (QED) is 0.709. The van der Waals surface area contributed by atoms with E-state index in [4.69, 9.17) is 9.84 Å². The Bertz CT molecular complexity index is 912. The van der Waals surface area contributed by atoms with Crippen molar-refractivity contribution >= 4 is 11.9 Å². The second-order valence-corrected chi connectivity index (χ2v) is 5.33. The molecule has 2 N–H and O–H groups in total. The molecule has 2 heterocycles. The lowest BCUT2D eigenvalue weighted by Crippen LogP contribution is -2.29. The molecule has 1 amide bonds. The monoisotopic (exact) mass is 349 g/mol. The van der Waals surface area contributed by atoms with E-state index in [0.29, 0.717) is 11.5 Å². The third-order valence-electron chi connectivity index (χ3n) is 3.42. The Hall–Kier alpha value is -3.74. The summed E-state index contributed by atoms with van der Waals surface area (Å²) in [7, 11) is 0. The van der Waals surface area contributed by atoms with Gasteiger partial charge >= 0.3 is 5.97 Å². The van der Waals surface area contributed by atoms with Gasteiger partial charge in [0.25, 0.3) is 5.91 Å². The molecule has 0 aliphatic rings. The zero-order valence-electron chi connectivity index (χ0n) is 13.6. The lowest BCUT2D eigenvalue weighted by Gasteiger charge is -2.07. The first-order valence-electron chi connectivity index (χ1n) is 7.76. The van der Waals surface area contributed by atoms with Gasteiger partial charge in [0.2, 0.25) is 0 Å². The van der Waals surface area contributed by atoms with E-state index in [2.05, 4.69) is 15.3 Å². The average molecular weight is 349 g/mol. The minimum Gasteiger partial charge on any atom is -0.480 e. The first-order valence-corrected chi connectivity index (χ1v) is 7.76. The van der Waals surface area contributed by atoms with Gasteiger partial charge in [-0.05, 0) is 24.3 Å². The summed E-state index contributed by atoms with van der Waals surface area (Å²) in [5.41, 5.74) is 1.67. The smallest absolute Gasteiger partial charge is 0.322 e. The van der Waals surface area contributed by atoms with E-state index in [1.54, 1.807) is 18.5 Å². The van der Waals surface area contributed by atoms with Crippen LogP contribution in [0.2, 0.25) is 0 Å². The second kappa shape index (κ2) is 7.89. The summed E-state index contributed by atoms with van der Waals surface area (Å²) in [5, 5.41) is 10.8. The van der Waals surface area contributed by atoms with Gasteiger partial charge < -0.3 is 15.2 Å². The van der Waals surface area contributed by atoms with Crippen LogP contribution in [0.25, 0.3) is 11.1 Å². The van der Waals surface area contributed by atoms with Crippen molar-refractivity contribution in [1.29, 1.82) is 0 Å². The number of aromatic nitrogens is 2. The number of carbonyl (C=O) groups is 2. The number of nitrogens with one attached hydrogen (secondary N) is 1. The predicted octanol–water partition coefficient (Wildman–Crippen LogP) is 2.75. The van der Waals surface area contributed by atoms with Crippen LogP contribution in [-0.4, -0.2) is 33.5 Å². The summed E-state index contributed by atoms with van der Waals surface area (Å²) in [6.07, 6.45) is 4.80. The molecule has 0 unspecified atom stereocenters. The topological polar surface area (TPSA) is 101 Å². The van der Waals surface area contributed by atoms with Crippen LogP contribution in [0.3, 0.4) is 0 Å². The number of pyridine rings is 2. The van der Waals surface area contributed by atoms with Crippen molar-refractivity contribution in [3.8, 4) is 22.6 Å². The Balaban J connectivity index is 1.74. The molecule has 0 aliphatic carbocycles. The van der Waals surface area contributed by atoms with Crippen molar-refractivity contribution in [2.24, 2.45) is 0 Å². The van der Waals surface area contributed by atoms with E-state index in [1.807, 2.05) is 36.4 Å². The number of benzene rings is 1. The number of ether oxygens (including phenoxy) is 1. The van der Waals surface area contributed by atoms with Gasteiger partial charge in [-0.15, -0.1) is 0 Å². The van der Waals surface area contributed by atoms with Crippen LogP contribution >= 0.6 is 0 Å². The molecule has 130 valence electrons. The number of hydrogen-bond donors (Lipinski definition) is 2. The van der Waals surface area contributed by atoms with Crippen LogP contribution in [0.1, 0.15) is 10.5 Å². The number of carbonyl (C=O) groups excluding carboxylic acids is 1. The number of hydrogen-bond acceptors (Lipinski definition) is 5. The third-order valence-corrected chi connectivity index (χ3v) is 3.42. The van der Waals surface area contributed by atoms with Gasteiger partial charge in [-0.2, -0.15) is 0 Å². The van der Waals surface area contributed by atoms with Gasteiger partial charge in [0, 0.05) is 23.5 Å². The Morgan fingerprint density at radius 1 is 0.962 bits per heavy atom. The largest absolute Gasteiger partial charge is 0.480 e. The third kappa shape index (κ3) is 4.41. The molecule has 7 heteroatoms. The SMILES string of the molecule is O=C(O)CNC(=O)c1ccc(-c2cncc(Oc3ccccc3)c2)cn1. The molecule has 0 saturated heterocycles. The molecule has 7 nitrogen and oxygen atoms in total. The van der Waals surface area contributed by atoms with Gasteiger partial charge in [-0.1, -0.05) is 24.3 Å². The fourth-order valence-electron chi connectivity index (χ4n) is 2.20. The number of nitrogens with zero attached hydrogens (tertiary/aromatic N) is 2. The minimum atomic E-state index is -1.11. The van der Waals surface area contributed by atoms with Crippen molar-refractivity contribution in [2.75, 3.05) is 6.54 Å². The summed E-state index contributed by atoms with van der Waals surface area (Å²) in [6.45, 7) is -0.453. The van der Waals surface area contributed by atoms with Crippen LogP contribution in [0.4, 0.5) is 0 Å². The predicted molar refractivity (Wildman–Crippen MR) is 94.0 cm³/mol. The van der Waals surface area contributed by atoms with Crippen LogP contribution in [0.5, 0.6) is 11.5 Å². The highest BCUT2D eigenvalue weighted by molar-refractivity contribution is 5.94. The molecule has 0 radical (unpaired) electrons. The van der Waals surface area contributed by atoms with E-state index < -0.39 is 18.4 Å². The summed E-state index contributed by atoms with van der Waals surface area (Å²) >= 11 is 0. The number of carboxylic acids is 1. The molecular weight excluding hydrogens is 334 g/mol. The number of carboxylic acid groups (broad SMARTS) is 1. The fourth-order valence-corrected chi connectivity index (χ4v) is 2.20. The summed E-state index contributed by atoms with van der Waals surface area (Å²) < 4.78 is 5.75. The van der Waals surface area contributed by atoms with Gasteiger partial charge in [-0.3, -0.25) is 19.6 Å². The highest BCUT2D eigenvalue weighted by Crippen LogP contribution is 2.25. The molecule has 0 saturated carbocycles. The average Bonchev–Trinajstić information content (AvgIpc) is 2.67. The summed E-state index contributed by atoms with van der Waals surface area (Å²) in [6, 6.07) is 14.4. The molecule has 3 rings (SSSR count). The number of aliphatic carboxylic acids is 1. The molecule has 26 heavy (non-hydrogen) atoms. The van der Waals surface area contributed by atoms with Crippen LogP contribution in [-0.2, 0) is 4.79 Å². The molecule has 0 spiro atoms. The Morgan fingerprint density at radius 3 is 2.46 bits per heavy atom. The molecule has 2 aromatic heterocycles. The first kappa shape index (κ1) is 17.1. The maximum absolute atomic E-state index is 11.8. The van der Waals surface area contributed by atoms with Crippen LogP contribution in [0, 0.1) is 0 Å². The molecule has 1 aromatic carbocycles.